The lowest BCUT2D eigenvalue weighted by Crippen LogP contribution is -2.61. The molecule has 1 aliphatic carbocycles. The van der Waals surface area contributed by atoms with Crippen molar-refractivity contribution in [3.63, 3.8) is 0 Å². The highest BCUT2D eigenvalue weighted by Gasteiger charge is 2.54. The van der Waals surface area contributed by atoms with Gasteiger partial charge in [0.25, 0.3) is 0 Å². The Balaban J connectivity index is 2.04. The van der Waals surface area contributed by atoms with Crippen LogP contribution in [-0.4, -0.2) is 30.2 Å². The molecule has 0 radical (unpaired) electrons. The number of Topliss-reactive ketones (excluding diaryl/α,β-unsaturated/α-hetero) is 2. The summed E-state index contributed by atoms with van der Waals surface area (Å²) in [5.41, 5.74) is -0.738. The number of hydrogen-bond acceptors (Lipinski definition) is 5. The normalized spacial score (nSPS) is 14.9. The topological polar surface area (TPSA) is 84.5 Å². The first-order valence-corrected chi connectivity index (χ1v) is 7.37. The van der Waals surface area contributed by atoms with Crippen molar-refractivity contribution in [3.8, 4) is 5.75 Å². The lowest BCUT2D eigenvalue weighted by molar-refractivity contribution is -0.119. The number of anilines is 1. The van der Waals surface area contributed by atoms with Crippen molar-refractivity contribution in [1.29, 1.82) is 0 Å². The van der Waals surface area contributed by atoms with Gasteiger partial charge in [0.1, 0.15) is 5.75 Å². The molecule has 122 valence electrons. The Hall–Kier alpha value is -3.15. The van der Waals surface area contributed by atoms with E-state index in [2.05, 4.69) is 10.6 Å². The molecule has 0 aromatic heterocycles. The van der Waals surface area contributed by atoms with Gasteiger partial charge in [0.05, 0.1) is 7.11 Å². The monoisotopic (exact) mass is 324 g/mol. The predicted molar refractivity (Wildman–Crippen MR) is 88.3 cm³/mol. The van der Waals surface area contributed by atoms with Gasteiger partial charge in [-0.2, -0.15) is 0 Å². The fourth-order valence-corrected chi connectivity index (χ4v) is 2.80. The summed E-state index contributed by atoms with van der Waals surface area (Å²) in [5.74, 6) is -0.796. The van der Waals surface area contributed by atoms with Crippen molar-refractivity contribution in [2.24, 2.45) is 0 Å². The summed E-state index contributed by atoms with van der Waals surface area (Å²) in [6, 6.07) is 13.3. The molecule has 1 amide bonds. The molecule has 0 atom stereocenters. The van der Waals surface area contributed by atoms with Gasteiger partial charge in [0.2, 0.25) is 23.1 Å². The van der Waals surface area contributed by atoms with Crippen LogP contribution >= 0.6 is 0 Å². The zero-order valence-corrected chi connectivity index (χ0v) is 13.3. The maximum atomic E-state index is 12.9. The standard InChI is InChI=1S/C18H16N2O4/c1-11(21)19-18(20-12-7-9-13(24-2)10-8-12)16(22)14-5-3-4-6-15(14)17(18)23/h3-10,20H,1-2H3,(H,19,21). The molecule has 6 heteroatoms. The highest BCUT2D eigenvalue weighted by Crippen LogP contribution is 2.31. The molecule has 3 rings (SSSR count). The Morgan fingerprint density at radius 3 is 1.96 bits per heavy atom. The van der Waals surface area contributed by atoms with E-state index in [1.807, 2.05) is 0 Å². The number of carbonyl (C=O) groups is 3. The van der Waals surface area contributed by atoms with Gasteiger partial charge < -0.3 is 15.4 Å². The van der Waals surface area contributed by atoms with Gasteiger partial charge in [-0.05, 0) is 24.3 Å². The minimum absolute atomic E-state index is 0.289. The molecular weight excluding hydrogens is 308 g/mol. The van der Waals surface area contributed by atoms with Gasteiger partial charge in [0, 0.05) is 23.7 Å². The number of nitrogens with one attached hydrogen (secondary N) is 2. The quantitative estimate of drug-likeness (QED) is 0.664. The number of methoxy groups -OCH3 is 1. The van der Waals surface area contributed by atoms with Crippen LogP contribution in [0.25, 0.3) is 0 Å². The molecule has 1 aliphatic rings. The summed E-state index contributed by atoms with van der Waals surface area (Å²) in [6.45, 7) is 1.26. The van der Waals surface area contributed by atoms with E-state index in [1.165, 1.54) is 6.92 Å². The van der Waals surface area contributed by atoms with E-state index in [0.29, 0.717) is 11.4 Å². The van der Waals surface area contributed by atoms with E-state index in [9.17, 15) is 14.4 Å². The second-order valence-corrected chi connectivity index (χ2v) is 5.49. The van der Waals surface area contributed by atoms with Gasteiger partial charge in [-0.25, -0.2) is 0 Å². The molecule has 0 heterocycles. The lowest BCUT2D eigenvalue weighted by atomic mass is 10.0. The van der Waals surface area contributed by atoms with E-state index in [0.717, 1.165) is 0 Å². The zero-order valence-electron chi connectivity index (χ0n) is 13.3. The van der Waals surface area contributed by atoms with E-state index >= 15 is 0 Å². The van der Waals surface area contributed by atoms with E-state index in [1.54, 1.807) is 55.6 Å². The van der Waals surface area contributed by atoms with Crippen LogP contribution in [0.1, 0.15) is 27.6 Å². The average Bonchev–Trinajstić information content (AvgIpc) is 2.78. The number of carbonyl (C=O) groups excluding carboxylic acids is 3. The van der Waals surface area contributed by atoms with Crippen molar-refractivity contribution < 1.29 is 19.1 Å². The molecule has 2 N–H and O–H groups in total. The molecule has 0 bridgehead atoms. The second kappa shape index (κ2) is 5.81. The predicted octanol–water partition coefficient (Wildman–Crippen LogP) is 2.02. The molecule has 0 saturated carbocycles. The van der Waals surface area contributed by atoms with E-state index in [-0.39, 0.29) is 11.1 Å². The number of fused-ring (bicyclic) bond motifs is 1. The molecule has 24 heavy (non-hydrogen) atoms. The van der Waals surface area contributed by atoms with Crippen LogP contribution in [0, 0.1) is 0 Å². The van der Waals surface area contributed by atoms with Crippen molar-refractivity contribution in [3.05, 3.63) is 59.7 Å². The average molecular weight is 324 g/mol. The SMILES string of the molecule is COc1ccc(NC2(NC(C)=O)C(=O)c3ccccc3C2=O)cc1. The number of amides is 1. The molecule has 0 fully saturated rings. The third kappa shape index (κ3) is 2.42. The van der Waals surface area contributed by atoms with Crippen molar-refractivity contribution in [1.82, 2.24) is 5.32 Å². The Morgan fingerprint density at radius 2 is 1.50 bits per heavy atom. The van der Waals surface area contributed by atoms with Crippen LogP contribution in [0.3, 0.4) is 0 Å². The molecule has 2 aromatic carbocycles. The summed E-state index contributed by atoms with van der Waals surface area (Å²) in [7, 11) is 1.54. The van der Waals surface area contributed by atoms with Crippen molar-refractivity contribution >= 4 is 23.2 Å². The second-order valence-electron chi connectivity index (χ2n) is 5.49. The summed E-state index contributed by atoms with van der Waals surface area (Å²) in [6.07, 6.45) is 0. The first-order chi connectivity index (χ1) is 11.5. The Bertz CT molecular complexity index is 792. The molecular formula is C18H16N2O4. The number of benzene rings is 2. The maximum Gasteiger partial charge on any atom is 0.240 e. The number of hydrogen-bond donors (Lipinski definition) is 2. The van der Waals surface area contributed by atoms with Crippen molar-refractivity contribution in [2.75, 3.05) is 12.4 Å². The fourth-order valence-electron chi connectivity index (χ4n) is 2.80. The molecule has 6 nitrogen and oxygen atoms in total. The van der Waals surface area contributed by atoms with Crippen LogP contribution in [0.15, 0.2) is 48.5 Å². The molecule has 2 aromatic rings. The Morgan fingerprint density at radius 1 is 0.958 bits per heavy atom. The number of ketones is 2. The van der Waals surface area contributed by atoms with Crippen LogP contribution in [0.4, 0.5) is 5.69 Å². The largest absolute Gasteiger partial charge is 0.497 e. The zero-order chi connectivity index (χ0) is 17.3. The van der Waals surface area contributed by atoms with Crippen LogP contribution < -0.4 is 15.4 Å². The summed E-state index contributed by atoms with van der Waals surface area (Å²) >= 11 is 0. The number of ether oxygens (including phenoxy) is 1. The van der Waals surface area contributed by atoms with Crippen molar-refractivity contribution in [2.45, 2.75) is 12.6 Å². The van der Waals surface area contributed by atoms with Gasteiger partial charge >= 0.3 is 0 Å². The third-order valence-corrected chi connectivity index (χ3v) is 3.88. The first kappa shape index (κ1) is 15.7. The minimum Gasteiger partial charge on any atom is -0.497 e. The van der Waals surface area contributed by atoms with Crippen LogP contribution in [0.5, 0.6) is 5.75 Å². The summed E-state index contributed by atoms with van der Waals surface area (Å²) < 4.78 is 5.09. The fraction of sp³-hybridized carbons (Fsp3) is 0.167. The summed E-state index contributed by atoms with van der Waals surface area (Å²) in [5, 5.41) is 5.40. The van der Waals surface area contributed by atoms with E-state index < -0.39 is 23.1 Å². The third-order valence-electron chi connectivity index (χ3n) is 3.88. The van der Waals surface area contributed by atoms with Gasteiger partial charge in [0.15, 0.2) is 0 Å². The highest BCUT2D eigenvalue weighted by atomic mass is 16.5. The highest BCUT2D eigenvalue weighted by molar-refractivity contribution is 6.34. The van der Waals surface area contributed by atoms with Gasteiger partial charge in [-0.1, -0.05) is 24.3 Å². The maximum absolute atomic E-state index is 12.9. The number of rotatable bonds is 4. The Labute approximate surface area is 138 Å². The summed E-state index contributed by atoms with van der Waals surface area (Å²) in [4.78, 5) is 37.4. The first-order valence-electron chi connectivity index (χ1n) is 7.37. The molecule has 0 spiro atoms. The van der Waals surface area contributed by atoms with E-state index in [4.69, 9.17) is 4.74 Å². The molecule has 0 saturated heterocycles. The molecule has 0 unspecified atom stereocenters. The van der Waals surface area contributed by atoms with Gasteiger partial charge in [-0.3, -0.25) is 14.4 Å². The molecule has 0 aliphatic heterocycles. The van der Waals surface area contributed by atoms with Gasteiger partial charge in [-0.15, -0.1) is 0 Å². The van der Waals surface area contributed by atoms with Crippen LogP contribution in [0.2, 0.25) is 0 Å². The lowest BCUT2D eigenvalue weighted by Gasteiger charge is -2.28. The van der Waals surface area contributed by atoms with Crippen LogP contribution in [-0.2, 0) is 4.79 Å². The minimum atomic E-state index is -1.83. The smallest absolute Gasteiger partial charge is 0.240 e. The Kier molecular flexibility index (Phi) is 3.81.